The van der Waals surface area contributed by atoms with Gasteiger partial charge in [-0.2, -0.15) is 0 Å². The molecule has 0 aromatic heterocycles. The predicted octanol–water partition coefficient (Wildman–Crippen LogP) is 1.94. The van der Waals surface area contributed by atoms with Crippen LogP contribution in [0.1, 0.15) is 0 Å². The Morgan fingerprint density at radius 3 is 2.09 bits per heavy atom. The summed E-state index contributed by atoms with van der Waals surface area (Å²) in [4.78, 5) is 0. The van der Waals surface area contributed by atoms with Crippen molar-refractivity contribution in [1.82, 2.24) is 0 Å². The molecular formula is C7H9N2PS. The molecule has 0 amide bonds. The quantitative estimate of drug-likeness (QED) is 0.424. The monoisotopic (exact) mass is 184 g/mol. The third kappa shape index (κ3) is 1.31. The molecular weight excluding hydrogens is 175 g/mol. The molecule has 4 heteroatoms. The fourth-order valence-electron chi connectivity index (χ4n) is 1.14. The van der Waals surface area contributed by atoms with Crippen LogP contribution in [0.15, 0.2) is 24.3 Å². The molecule has 1 atom stereocenters. The molecule has 1 heterocycles. The smallest absolute Gasteiger partial charge is 0.167 e. The fraction of sp³-hybridized carbons (Fsp3) is 0.143. The van der Waals surface area contributed by atoms with Gasteiger partial charge in [-0.25, -0.2) is 0 Å². The van der Waals surface area contributed by atoms with Gasteiger partial charge in [-0.15, -0.1) is 12.6 Å². The molecule has 1 aliphatic heterocycles. The molecule has 0 bridgehead atoms. The van der Waals surface area contributed by atoms with Crippen molar-refractivity contribution >= 4 is 33.2 Å². The average Bonchev–Trinajstić information content (AvgIpc) is 2.21. The van der Waals surface area contributed by atoms with Crippen LogP contribution >= 0.6 is 21.9 Å². The van der Waals surface area contributed by atoms with E-state index in [1.165, 1.54) is 0 Å². The van der Waals surface area contributed by atoms with Crippen molar-refractivity contribution in [2.24, 2.45) is 0 Å². The summed E-state index contributed by atoms with van der Waals surface area (Å²) in [5, 5.41) is 6.38. The summed E-state index contributed by atoms with van der Waals surface area (Å²) in [6.45, 7) is 0. The Morgan fingerprint density at radius 1 is 1.18 bits per heavy atom. The summed E-state index contributed by atoms with van der Waals surface area (Å²) in [5.74, 6) is 0. The molecule has 0 aliphatic carbocycles. The first kappa shape index (κ1) is 7.26. The number of hydrogen-bond acceptors (Lipinski definition) is 3. The number of hydrogen-bond donors (Lipinski definition) is 3. The van der Waals surface area contributed by atoms with Gasteiger partial charge in [0.25, 0.3) is 0 Å². The number of fused-ring (bicyclic) bond motifs is 1. The zero-order chi connectivity index (χ0) is 7.90. The van der Waals surface area contributed by atoms with Gasteiger partial charge in [0.2, 0.25) is 0 Å². The third-order valence-electron chi connectivity index (χ3n) is 1.58. The maximum atomic E-state index is 4.33. The van der Waals surface area contributed by atoms with Gasteiger partial charge in [0.15, 0.2) is 4.74 Å². The van der Waals surface area contributed by atoms with Crippen molar-refractivity contribution in [2.45, 2.75) is 4.74 Å². The molecule has 1 aromatic carbocycles. The van der Waals surface area contributed by atoms with Gasteiger partial charge in [0.1, 0.15) is 0 Å². The molecule has 2 N–H and O–H groups in total. The lowest BCUT2D eigenvalue weighted by molar-refractivity contribution is 1.13. The Balaban J connectivity index is 2.41. The lowest BCUT2D eigenvalue weighted by Gasteiger charge is -2.17. The molecule has 1 aromatic rings. The average molecular weight is 184 g/mol. The normalized spacial score (nSPS) is 18.4. The highest BCUT2D eigenvalue weighted by Crippen LogP contribution is 2.38. The molecule has 2 rings (SSSR count). The van der Waals surface area contributed by atoms with Crippen molar-refractivity contribution < 1.29 is 0 Å². The third-order valence-corrected chi connectivity index (χ3v) is 2.09. The molecule has 2 nitrogen and oxygen atoms in total. The van der Waals surface area contributed by atoms with Crippen molar-refractivity contribution in [2.75, 3.05) is 10.6 Å². The number of rotatable bonds is 0. The summed E-state index contributed by atoms with van der Waals surface area (Å²) < 4.78 is -0.385. The SMILES string of the molecule is PC1(S)Nc2ccccc2N1. The predicted molar refractivity (Wildman–Crippen MR) is 55.1 cm³/mol. The largest absolute Gasteiger partial charge is 0.350 e. The summed E-state index contributed by atoms with van der Waals surface area (Å²) in [7, 11) is 2.60. The molecule has 0 saturated carbocycles. The first-order valence-electron chi connectivity index (χ1n) is 3.34. The van der Waals surface area contributed by atoms with E-state index in [0.29, 0.717) is 0 Å². The second-order valence-electron chi connectivity index (χ2n) is 2.56. The first-order chi connectivity index (χ1) is 5.17. The van der Waals surface area contributed by atoms with E-state index in [-0.39, 0.29) is 4.74 Å². The second kappa shape index (κ2) is 2.29. The fourth-order valence-corrected chi connectivity index (χ4v) is 1.69. The minimum absolute atomic E-state index is 0.385. The van der Waals surface area contributed by atoms with Crippen molar-refractivity contribution in [3.63, 3.8) is 0 Å². The van der Waals surface area contributed by atoms with Crippen LogP contribution in [0.3, 0.4) is 0 Å². The number of nitrogens with one attached hydrogen (secondary N) is 2. The summed E-state index contributed by atoms with van der Waals surface area (Å²) in [5.41, 5.74) is 2.19. The van der Waals surface area contributed by atoms with Crippen molar-refractivity contribution in [3.8, 4) is 0 Å². The number of para-hydroxylation sites is 2. The molecule has 0 fully saturated rings. The van der Waals surface area contributed by atoms with Crippen LogP contribution in [-0.4, -0.2) is 4.74 Å². The number of anilines is 2. The highest BCUT2D eigenvalue weighted by Gasteiger charge is 2.26. The standard InChI is InChI=1S/C7H9N2PS/c10-7(11)8-5-3-1-2-4-6(5)9-7/h1-4,8-9,11H,10H2. The topological polar surface area (TPSA) is 24.1 Å². The molecule has 58 valence electrons. The Labute approximate surface area is 73.4 Å². The van der Waals surface area contributed by atoms with Gasteiger partial charge in [0.05, 0.1) is 11.4 Å². The second-order valence-corrected chi connectivity index (χ2v) is 4.62. The highest BCUT2D eigenvalue weighted by molar-refractivity contribution is 7.87. The molecule has 1 unspecified atom stereocenters. The van der Waals surface area contributed by atoms with E-state index < -0.39 is 0 Å². The lowest BCUT2D eigenvalue weighted by atomic mass is 10.3. The van der Waals surface area contributed by atoms with Gasteiger partial charge in [-0.1, -0.05) is 21.4 Å². The maximum Gasteiger partial charge on any atom is 0.167 e. The van der Waals surface area contributed by atoms with E-state index in [2.05, 4.69) is 32.5 Å². The Hall–Kier alpha value is -0.400. The van der Waals surface area contributed by atoms with E-state index >= 15 is 0 Å². The van der Waals surface area contributed by atoms with Crippen LogP contribution in [0, 0.1) is 0 Å². The van der Waals surface area contributed by atoms with Gasteiger partial charge in [0, 0.05) is 0 Å². The van der Waals surface area contributed by atoms with Crippen LogP contribution in [0.4, 0.5) is 11.4 Å². The molecule has 11 heavy (non-hydrogen) atoms. The van der Waals surface area contributed by atoms with Gasteiger partial charge in [-0.3, -0.25) is 0 Å². The Bertz CT molecular complexity index is 261. The minimum Gasteiger partial charge on any atom is -0.350 e. The molecule has 0 saturated heterocycles. The van der Waals surface area contributed by atoms with Crippen LogP contribution in [-0.2, 0) is 0 Å². The zero-order valence-corrected chi connectivity index (χ0v) is 7.88. The van der Waals surface area contributed by atoms with Crippen LogP contribution < -0.4 is 10.6 Å². The van der Waals surface area contributed by atoms with Crippen LogP contribution in [0.5, 0.6) is 0 Å². The minimum atomic E-state index is -0.385. The van der Waals surface area contributed by atoms with E-state index in [1.807, 2.05) is 24.3 Å². The van der Waals surface area contributed by atoms with Gasteiger partial charge in [-0.05, 0) is 12.1 Å². The van der Waals surface area contributed by atoms with E-state index in [4.69, 9.17) is 0 Å². The van der Waals surface area contributed by atoms with Gasteiger partial charge < -0.3 is 10.6 Å². The van der Waals surface area contributed by atoms with E-state index in [9.17, 15) is 0 Å². The van der Waals surface area contributed by atoms with E-state index in [0.717, 1.165) is 11.4 Å². The van der Waals surface area contributed by atoms with Crippen LogP contribution in [0.2, 0.25) is 0 Å². The number of thiol groups is 1. The summed E-state index contributed by atoms with van der Waals surface area (Å²) in [6, 6.07) is 8.02. The van der Waals surface area contributed by atoms with Crippen LogP contribution in [0.25, 0.3) is 0 Å². The summed E-state index contributed by atoms with van der Waals surface area (Å²) in [6.07, 6.45) is 0. The molecule has 0 radical (unpaired) electrons. The zero-order valence-electron chi connectivity index (χ0n) is 5.83. The molecule has 0 spiro atoms. The Kier molecular flexibility index (Phi) is 1.51. The molecule has 1 aliphatic rings. The lowest BCUT2D eigenvalue weighted by Crippen LogP contribution is -2.26. The van der Waals surface area contributed by atoms with Crippen molar-refractivity contribution in [1.29, 1.82) is 0 Å². The van der Waals surface area contributed by atoms with E-state index in [1.54, 1.807) is 0 Å². The first-order valence-corrected chi connectivity index (χ1v) is 4.36. The summed E-state index contributed by atoms with van der Waals surface area (Å²) >= 11 is 4.33. The maximum absolute atomic E-state index is 4.33. The highest BCUT2D eigenvalue weighted by atomic mass is 32.1. The van der Waals surface area contributed by atoms with Crippen molar-refractivity contribution in [3.05, 3.63) is 24.3 Å². The number of benzene rings is 1. The Morgan fingerprint density at radius 2 is 1.64 bits per heavy atom. The van der Waals surface area contributed by atoms with Gasteiger partial charge >= 0.3 is 0 Å².